The lowest BCUT2D eigenvalue weighted by molar-refractivity contribution is -0.134. The zero-order chi connectivity index (χ0) is 11.5. The van der Waals surface area contributed by atoms with E-state index < -0.39 is 0 Å². The molecule has 2 rings (SSSR count). The highest BCUT2D eigenvalue weighted by atomic mass is 35.5. The standard InChI is InChI=1S/C13H22ClNO/c1-15(6-4-2-3-5-14)13(16)12-8-10-7-11(10)9-12/h10-12H,2-9H2,1H3. The smallest absolute Gasteiger partial charge is 0.225 e. The van der Waals surface area contributed by atoms with E-state index in [9.17, 15) is 4.79 Å². The first-order valence-electron chi connectivity index (χ1n) is 6.53. The van der Waals surface area contributed by atoms with Crippen LogP contribution in [0.5, 0.6) is 0 Å². The van der Waals surface area contributed by atoms with Crippen LogP contribution in [0.4, 0.5) is 0 Å². The van der Waals surface area contributed by atoms with Gasteiger partial charge in [-0.05, 0) is 43.9 Å². The minimum atomic E-state index is 0.349. The van der Waals surface area contributed by atoms with Gasteiger partial charge < -0.3 is 4.90 Å². The number of hydrogen-bond donors (Lipinski definition) is 0. The van der Waals surface area contributed by atoms with Gasteiger partial charge >= 0.3 is 0 Å². The van der Waals surface area contributed by atoms with Crippen LogP contribution < -0.4 is 0 Å². The summed E-state index contributed by atoms with van der Waals surface area (Å²) in [6.45, 7) is 0.904. The molecule has 1 amide bonds. The van der Waals surface area contributed by atoms with Crippen LogP contribution in [0, 0.1) is 17.8 Å². The summed E-state index contributed by atoms with van der Waals surface area (Å²) in [6.07, 6.45) is 7.01. The molecule has 0 aromatic carbocycles. The van der Waals surface area contributed by atoms with Crippen LogP contribution in [0.15, 0.2) is 0 Å². The van der Waals surface area contributed by atoms with E-state index in [1.165, 1.54) is 6.42 Å². The Kier molecular flexibility index (Phi) is 4.12. The molecule has 2 nitrogen and oxygen atoms in total. The molecule has 0 heterocycles. The highest BCUT2D eigenvalue weighted by molar-refractivity contribution is 6.17. The normalized spacial score (nSPS) is 31.2. The van der Waals surface area contributed by atoms with Gasteiger partial charge in [0.15, 0.2) is 0 Å². The highest BCUT2D eigenvalue weighted by Crippen LogP contribution is 2.54. The van der Waals surface area contributed by atoms with Gasteiger partial charge in [0.25, 0.3) is 0 Å². The van der Waals surface area contributed by atoms with Gasteiger partial charge in [-0.25, -0.2) is 0 Å². The Hall–Kier alpha value is -0.240. The number of amides is 1. The topological polar surface area (TPSA) is 20.3 Å². The van der Waals surface area contributed by atoms with Crippen LogP contribution in [0.1, 0.15) is 38.5 Å². The minimum Gasteiger partial charge on any atom is -0.346 e. The number of nitrogens with zero attached hydrogens (tertiary/aromatic N) is 1. The molecule has 0 aliphatic heterocycles. The number of carbonyl (C=O) groups excluding carboxylic acids is 1. The summed E-state index contributed by atoms with van der Waals surface area (Å²) in [4.78, 5) is 14.0. The van der Waals surface area contributed by atoms with Gasteiger partial charge in [0.05, 0.1) is 0 Å². The molecule has 3 heteroatoms. The summed E-state index contributed by atoms with van der Waals surface area (Å²) in [5.41, 5.74) is 0. The summed E-state index contributed by atoms with van der Waals surface area (Å²) in [5.74, 6) is 3.28. The van der Waals surface area contributed by atoms with Crippen molar-refractivity contribution in [2.45, 2.75) is 38.5 Å². The van der Waals surface area contributed by atoms with Crippen LogP contribution in [0.2, 0.25) is 0 Å². The van der Waals surface area contributed by atoms with E-state index in [2.05, 4.69) is 0 Å². The Labute approximate surface area is 103 Å². The predicted octanol–water partition coefficient (Wildman–Crippen LogP) is 2.90. The van der Waals surface area contributed by atoms with Gasteiger partial charge in [0.1, 0.15) is 0 Å². The quantitative estimate of drug-likeness (QED) is 0.519. The fourth-order valence-electron chi connectivity index (χ4n) is 2.96. The molecule has 0 radical (unpaired) electrons. The maximum absolute atomic E-state index is 12.1. The zero-order valence-corrected chi connectivity index (χ0v) is 10.9. The Bertz CT molecular complexity index is 246. The van der Waals surface area contributed by atoms with Gasteiger partial charge in [-0.2, -0.15) is 0 Å². The number of carbonyl (C=O) groups is 1. The second-order valence-electron chi connectivity index (χ2n) is 5.43. The van der Waals surface area contributed by atoms with Gasteiger partial charge in [-0.1, -0.05) is 6.42 Å². The average Bonchev–Trinajstić information content (AvgIpc) is 2.90. The van der Waals surface area contributed by atoms with Crippen LogP contribution in [0.25, 0.3) is 0 Å². The van der Waals surface area contributed by atoms with Gasteiger partial charge in [-0.15, -0.1) is 11.6 Å². The molecule has 0 aromatic heterocycles. The van der Waals surface area contributed by atoms with Crippen LogP contribution in [-0.2, 0) is 4.79 Å². The van der Waals surface area contributed by atoms with Crippen LogP contribution in [-0.4, -0.2) is 30.3 Å². The molecule has 2 saturated carbocycles. The largest absolute Gasteiger partial charge is 0.346 e. The van der Waals surface area contributed by atoms with Crippen molar-refractivity contribution in [1.82, 2.24) is 4.90 Å². The van der Waals surface area contributed by atoms with E-state index in [0.717, 1.165) is 56.4 Å². The van der Waals surface area contributed by atoms with Crippen molar-refractivity contribution in [3.8, 4) is 0 Å². The maximum Gasteiger partial charge on any atom is 0.225 e. The Morgan fingerprint density at radius 1 is 1.19 bits per heavy atom. The number of unbranched alkanes of at least 4 members (excludes halogenated alkanes) is 2. The van der Waals surface area contributed by atoms with Crippen LogP contribution >= 0.6 is 11.6 Å². The van der Waals surface area contributed by atoms with Gasteiger partial charge in [-0.3, -0.25) is 4.79 Å². The molecule has 2 unspecified atom stereocenters. The van der Waals surface area contributed by atoms with E-state index in [1.54, 1.807) is 0 Å². The van der Waals surface area contributed by atoms with E-state index in [4.69, 9.17) is 11.6 Å². The number of rotatable bonds is 6. The Balaban J connectivity index is 1.64. The molecular weight excluding hydrogens is 222 g/mol. The lowest BCUT2D eigenvalue weighted by atomic mass is 10.0. The molecule has 16 heavy (non-hydrogen) atoms. The molecule has 0 bridgehead atoms. The van der Waals surface area contributed by atoms with Crippen molar-refractivity contribution in [1.29, 1.82) is 0 Å². The highest BCUT2D eigenvalue weighted by Gasteiger charge is 2.48. The number of hydrogen-bond acceptors (Lipinski definition) is 1. The molecule has 0 saturated heterocycles. The second-order valence-corrected chi connectivity index (χ2v) is 5.81. The minimum absolute atomic E-state index is 0.349. The summed E-state index contributed by atoms with van der Waals surface area (Å²) >= 11 is 5.62. The van der Waals surface area contributed by atoms with Crippen molar-refractivity contribution in [2.24, 2.45) is 17.8 Å². The van der Waals surface area contributed by atoms with Crippen molar-refractivity contribution in [3.63, 3.8) is 0 Å². The summed E-state index contributed by atoms with van der Waals surface area (Å²) in [5, 5.41) is 0. The average molecular weight is 244 g/mol. The fraction of sp³-hybridized carbons (Fsp3) is 0.923. The van der Waals surface area contributed by atoms with Gasteiger partial charge in [0, 0.05) is 25.4 Å². The third-order valence-corrected chi connectivity index (χ3v) is 4.36. The molecule has 0 spiro atoms. The molecule has 0 aromatic rings. The monoisotopic (exact) mass is 243 g/mol. The van der Waals surface area contributed by atoms with E-state index in [0.29, 0.717) is 11.8 Å². The zero-order valence-electron chi connectivity index (χ0n) is 10.1. The number of fused-ring (bicyclic) bond motifs is 1. The first-order chi connectivity index (χ1) is 7.72. The van der Waals surface area contributed by atoms with Crippen LogP contribution in [0.3, 0.4) is 0 Å². The second kappa shape index (κ2) is 5.39. The molecule has 2 atom stereocenters. The molecule has 2 fully saturated rings. The molecule has 0 N–H and O–H groups in total. The summed E-state index contributed by atoms with van der Waals surface area (Å²) < 4.78 is 0. The first kappa shape index (κ1) is 12.2. The van der Waals surface area contributed by atoms with E-state index >= 15 is 0 Å². The van der Waals surface area contributed by atoms with Gasteiger partial charge in [0.2, 0.25) is 5.91 Å². The third kappa shape index (κ3) is 2.91. The SMILES string of the molecule is CN(CCCCCCl)C(=O)C1CC2CC2C1. The summed E-state index contributed by atoms with van der Waals surface area (Å²) in [7, 11) is 1.95. The van der Waals surface area contributed by atoms with Crippen molar-refractivity contribution >= 4 is 17.5 Å². The molecule has 2 aliphatic carbocycles. The fourth-order valence-corrected chi connectivity index (χ4v) is 3.15. The lowest BCUT2D eigenvalue weighted by Gasteiger charge is -2.21. The summed E-state index contributed by atoms with van der Waals surface area (Å²) in [6, 6.07) is 0. The maximum atomic E-state index is 12.1. The predicted molar refractivity (Wildman–Crippen MR) is 66.5 cm³/mol. The van der Waals surface area contributed by atoms with Crippen molar-refractivity contribution < 1.29 is 4.79 Å². The third-order valence-electron chi connectivity index (χ3n) is 4.10. The number of halogens is 1. The van der Waals surface area contributed by atoms with Crippen molar-refractivity contribution in [3.05, 3.63) is 0 Å². The van der Waals surface area contributed by atoms with E-state index in [-0.39, 0.29) is 0 Å². The molecule has 92 valence electrons. The van der Waals surface area contributed by atoms with E-state index in [1.807, 2.05) is 11.9 Å². The van der Waals surface area contributed by atoms with Crippen molar-refractivity contribution in [2.75, 3.05) is 19.5 Å². The first-order valence-corrected chi connectivity index (χ1v) is 7.06. The number of alkyl halides is 1. The molecular formula is C13H22ClNO. The lowest BCUT2D eigenvalue weighted by Crippen LogP contribution is -2.33. The Morgan fingerprint density at radius 2 is 1.88 bits per heavy atom. The molecule has 2 aliphatic rings. The Morgan fingerprint density at radius 3 is 2.50 bits per heavy atom.